The fourth-order valence-corrected chi connectivity index (χ4v) is 3.64. The molecule has 0 spiro atoms. The van der Waals surface area contributed by atoms with E-state index < -0.39 is 9.84 Å². The number of fused-ring (bicyclic) bond motifs is 1. The van der Waals surface area contributed by atoms with Crippen molar-refractivity contribution in [3.8, 4) is 11.3 Å². The molecule has 7 nitrogen and oxygen atoms in total. The molecule has 2 aromatic heterocycles. The number of aromatic nitrogens is 3. The van der Waals surface area contributed by atoms with Gasteiger partial charge in [-0.2, -0.15) is 9.78 Å². The van der Waals surface area contributed by atoms with Gasteiger partial charge in [-0.1, -0.05) is 18.2 Å². The van der Waals surface area contributed by atoms with E-state index in [4.69, 9.17) is 0 Å². The fourth-order valence-electron chi connectivity index (χ4n) is 3.01. The number of sulfone groups is 1. The highest BCUT2D eigenvalue weighted by atomic mass is 32.2. The van der Waals surface area contributed by atoms with E-state index in [1.54, 1.807) is 36.7 Å². The lowest BCUT2D eigenvalue weighted by Gasteiger charge is -2.25. The van der Waals surface area contributed by atoms with Gasteiger partial charge in [-0.25, -0.2) is 8.42 Å². The SMILES string of the molecule is CS(=O)(=O)c1ccc(C2CC(=O)n3ncc(-c4ccccn4)c3N2)cc1. The van der Waals surface area contributed by atoms with E-state index in [2.05, 4.69) is 15.4 Å². The molecule has 0 radical (unpaired) electrons. The van der Waals surface area contributed by atoms with Crippen LogP contribution in [0.15, 0.2) is 59.8 Å². The van der Waals surface area contributed by atoms with Crippen molar-refractivity contribution in [3.63, 3.8) is 0 Å². The van der Waals surface area contributed by atoms with Crippen LogP contribution in [0.5, 0.6) is 0 Å². The van der Waals surface area contributed by atoms with E-state index in [0.717, 1.165) is 16.8 Å². The second-order valence-corrected chi connectivity index (χ2v) is 8.19. The predicted molar refractivity (Wildman–Crippen MR) is 96.6 cm³/mol. The average Bonchev–Trinajstić information content (AvgIpc) is 3.06. The number of hydrogen-bond acceptors (Lipinski definition) is 6. The molecule has 1 aromatic carbocycles. The van der Waals surface area contributed by atoms with E-state index in [1.165, 1.54) is 10.9 Å². The standard InChI is InChI=1S/C18H16N4O3S/c1-26(24,25)13-7-5-12(6-8-13)16-10-17(23)22-18(21-16)14(11-20-22)15-4-2-3-9-19-15/h2-9,11,16,21H,10H2,1H3. The molecule has 26 heavy (non-hydrogen) atoms. The molecular weight excluding hydrogens is 352 g/mol. The Kier molecular flexibility index (Phi) is 3.84. The lowest BCUT2D eigenvalue weighted by molar-refractivity contribution is 0.0872. The molecule has 1 atom stereocenters. The van der Waals surface area contributed by atoms with Crippen LogP contribution in [-0.2, 0) is 9.84 Å². The zero-order chi connectivity index (χ0) is 18.3. The third-order valence-electron chi connectivity index (χ3n) is 4.35. The lowest BCUT2D eigenvalue weighted by Crippen LogP contribution is -2.28. The molecule has 0 bridgehead atoms. The van der Waals surface area contributed by atoms with Crippen LogP contribution in [0, 0.1) is 0 Å². The van der Waals surface area contributed by atoms with Crippen LogP contribution in [0.4, 0.5) is 5.82 Å². The van der Waals surface area contributed by atoms with Crippen molar-refractivity contribution in [3.05, 3.63) is 60.4 Å². The second-order valence-electron chi connectivity index (χ2n) is 6.17. The average molecular weight is 368 g/mol. The van der Waals surface area contributed by atoms with Gasteiger partial charge in [-0.05, 0) is 29.8 Å². The summed E-state index contributed by atoms with van der Waals surface area (Å²) in [5.74, 6) is 0.468. The molecule has 0 saturated carbocycles. The van der Waals surface area contributed by atoms with Crippen molar-refractivity contribution >= 4 is 21.6 Å². The Morgan fingerprint density at radius 2 is 1.92 bits per heavy atom. The van der Waals surface area contributed by atoms with Gasteiger partial charge in [0.05, 0.1) is 34.8 Å². The number of nitrogens with one attached hydrogen (secondary N) is 1. The van der Waals surface area contributed by atoms with Gasteiger partial charge in [0.25, 0.3) is 5.91 Å². The Balaban J connectivity index is 1.70. The number of nitrogens with zero attached hydrogens (tertiary/aromatic N) is 3. The molecule has 3 heterocycles. The summed E-state index contributed by atoms with van der Waals surface area (Å²) in [5, 5.41) is 7.51. The molecule has 0 saturated heterocycles. The highest BCUT2D eigenvalue weighted by molar-refractivity contribution is 7.90. The van der Waals surface area contributed by atoms with Crippen LogP contribution in [0.1, 0.15) is 22.8 Å². The fraction of sp³-hybridized carbons (Fsp3) is 0.167. The van der Waals surface area contributed by atoms with Crippen molar-refractivity contribution in [2.75, 3.05) is 11.6 Å². The molecule has 0 fully saturated rings. The number of carbonyl (C=O) groups excluding carboxylic acids is 1. The van der Waals surface area contributed by atoms with Gasteiger partial charge in [0, 0.05) is 12.5 Å². The zero-order valence-corrected chi connectivity index (χ0v) is 14.8. The molecule has 1 unspecified atom stereocenters. The Hall–Kier alpha value is -3.00. The largest absolute Gasteiger partial charge is 0.362 e. The Morgan fingerprint density at radius 1 is 1.15 bits per heavy atom. The van der Waals surface area contributed by atoms with Crippen LogP contribution in [0.2, 0.25) is 0 Å². The molecule has 8 heteroatoms. The predicted octanol–water partition coefficient (Wildman–Crippen LogP) is 2.55. The van der Waals surface area contributed by atoms with Gasteiger partial charge in [-0.15, -0.1) is 0 Å². The molecule has 1 aliphatic heterocycles. The summed E-state index contributed by atoms with van der Waals surface area (Å²) in [6, 6.07) is 11.9. The van der Waals surface area contributed by atoms with Crippen molar-refractivity contribution in [1.29, 1.82) is 0 Å². The summed E-state index contributed by atoms with van der Waals surface area (Å²) in [4.78, 5) is 17.1. The van der Waals surface area contributed by atoms with Gasteiger partial charge in [0.1, 0.15) is 5.82 Å². The highest BCUT2D eigenvalue weighted by Gasteiger charge is 2.29. The minimum atomic E-state index is -3.25. The molecule has 0 amide bonds. The molecule has 3 aromatic rings. The van der Waals surface area contributed by atoms with E-state index >= 15 is 0 Å². The van der Waals surface area contributed by atoms with Crippen molar-refractivity contribution in [2.45, 2.75) is 17.4 Å². The number of rotatable bonds is 3. The molecule has 1 N–H and O–H groups in total. The maximum Gasteiger partial charge on any atom is 0.251 e. The third kappa shape index (κ3) is 2.88. The minimum Gasteiger partial charge on any atom is -0.362 e. The first kappa shape index (κ1) is 16.5. The maximum absolute atomic E-state index is 12.5. The molecule has 4 rings (SSSR count). The smallest absolute Gasteiger partial charge is 0.251 e. The third-order valence-corrected chi connectivity index (χ3v) is 5.48. The van der Waals surface area contributed by atoms with E-state index in [0.29, 0.717) is 5.82 Å². The molecular formula is C18H16N4O3S. The van der Waals surface area contributed by atoms with Crippen LogP contribution < -0.4 is 5.32 Å². The van der Waals surface area contributed by atoms with Crippen molar-refractivity contribution < 1.29 is 13.2 Å². The van der Waals surface area contributed by atoms with Crippen LogP contribution in [-0.4, -0.2) is 35.3 Å². The first-order valence-corrected chi connectivity index (χ1v) is 9.92. The Bertz CT molecular complexity index is 1070. The monoisotopic (exact) mass is 368 g/mol. The first-order valence-electron chi connectivity index (χ1n) is 8.02. The summed E-state index contributed by atoms with van der Waals surface area (Å²) in [6.45, 7) is 0. The molecule has 132 valence electrons. The quantitative estimate of drug-likeness (QED) is 0.763. The van der Waals surface area contributed by atoms with Crippen molar-refractivity contribution in [2.24, 2.45) is 0 Å². The lowest BCUT2D eigenvalue weighted by atomic mass is 10.0. The highest BCUT2D eigenvalue weighted by Crippen LogP contribution is 2.35. The number of anilines is 1. The van der Waals surface area contributed by atoms with E-state index in [-0.39, 0.29) is 23.3 Å². The summed E-state index contributed by atoms with van der Waals surface area (Å²) in [7, 11) is -3.25. The maximum atomic E-state index is 12.5. The number of carbonyl (C=O) groups is 1. The first-order chi connectivity index (χ1) is 12.4. The van der Waals surface area contributed by atoms with Gasteiger partial charge in [-0.3, -0.25) is 9.78 Å². The number of benzene rings is 1. The Labute approximate surface area is 150 Å². The van der Waals surface area contributed by atoms with Gasteiger partial charge >= 0.3 is 0 Å². The zero-order valence-electron chi connectivity index (χ0n) is 14.0. The van der Waals surface area contributed by atoms with Gasteiger partial charge in [0.15, 0.2) is 9.84 Å². The van der Waals surface area contributed by atoms with Crippen molar-refractivity contribution in [1.82, 2.24) is 14.8 Å². The molecule has 1 aliphatic rings. The Morgan fingerprint density at radius 3 is 2.58 bits per heavy atom. The van der Waals surface area contributed by atoms with E-state index in [9.17, 15) is 13.2 Å². The van der Waals surface area contributed by atoms with Gasteiger partial charge < -0.3 is 5.32 Å². The molecule has 0 aliphatic carbocycles. The summed E-state index contributed by atoms with van der Waals surface area (Å²) < 4.78 is 24.6. The van der Waals surface area contributed by atoms with Crippen LogP contribution in [0.3, 0.4) is 0 Å². The van der Waals surface area contributed by atoms with Crippen LogP contribution in [0.25, 0.3) is 11.3 Å². The summed E-state index contributed by atoms with van der Waals surface area (Å²) in [6.07, 6.45) is 4.71. The summed E-state index contributed by atoms with van der Waals surface area (Å²) in [5.41, 5.74) is 2.31. The second kappa shape index (κ2) is 6.06. The minimum absolute atomic E-state index is 0.127. The normalized spacial score (nSPS) is 16.8. The number of hydrogen-bond donors (Lipinski definition) is 1. The van der Waals surface area contributed by atoms with Crippen LogP contribution >= 0.6 is 0 Å². The topological polar surface area (TPSA) is 94.0 Å². The number of pyridine rings is 1. The van der Waals surface area contributed by atoms with E-state index in [1.807, 2.05) is 18.2 Å². The summed E-state index contributed by atoms with van der Waals surface area (Å²) >= 11 is 0. The van der Waals surface area contributed by atoms with Gasteiger partial charge in [0.2, 0.25) is 0 Å².